The molecule has 1 aromatic carbocycles. The van der Waals surface area contributed by atoms with Crippen LogP contribution in [-0.4, -0.2) is 45.4 Å². The molecule has 2 amide bonds. The normalized spacial score (nSPS) is 10.6. The average molecular weight is 375 g/mol. The van der Waals surface area contributed by atoms with Crippen molar-refractivity contribution in [3.63, 3.8) is 0 Å². The van der Waals surface area contributed by atoms with Crippen LogP contribution in [0.15, 0.2) is 29.4 Å². The molecule has 0 aliphatic rings. The van der Waals surface area contributed by atoms with Crippen LogP contribution < -0.4 is 10.6 Å². The van der Waals surface area contributed by atoms with Gasteiger partial charge in [-0.05, 0) is 25.8 Å². The number of nitrogens with one attached hydrogen (secondary N) is 2. The minimum absolute atomic E-state index is 0.00563. The molecular formula is C18H25N5O2S. The van der Waals surface area contributed by atoms with Crippen molar-refractivity contribution in [3.05, 3.63) is 29.8 Å². The fraction of sp³-hybridized carbons (Fsp3) is 0.444. The van der Waals surface area contributed by atoms with Gasteiger partial charge in [0.15, 0.2) is 11.0 Å². The number of aryl methyl sites for hydroxylation is 1. The monoisotopic (exact) mass is 375 g/mol. The summed E-state index contributed by atoms with van der Waals surface area (Å²) in [5.41, 5.74) is 2.16. The third kappa shape index (κ3) is 5.32. The van der Waals surface area contributed by atoms with Gasteiger partial charge in [0, 0.05) is 18.7 Å². The molecule has 0 saturated heterocycles. The minimum Gasteiger partial charge on any atom is -0.355 e. The van der Waals surface area contributed by atoms with Gasteiger partial charge in [0.25, 0.3) is 0 Å². The molecule has 0 radical (unpaired) electrons. The number of benzene rings is 1. The van der Waals surface area contributed by atoms with Crippen LogP contribution in [0, 0.1) is 6.92 Å². The molecule has 0 saturated carbocycles. The fourth-order valence-electron chi connectivity index (χ4n) is 2.39. The molecule has 2 aromatic rings. The zero-order valence-electron chi connectivity index (χ0n) is 15.4. The summed E-state index contributed by atoms with van der Waals surface area (Å²) in [4.78, 5) is 23.5. The second kappa shape index (κ2) is 9.96. The summed E-state index contributed by atoms with van der Waals surface area (Å²) >= 11 is 1.32. The van der Waals surface area contributed by atoms with Crippen molar-refractivity contribution in [3.8, 4) is 11.4 Å². The number of carbonyl (C=O) groups is 2. The van der Waals surface area contributed by atoms with Crippen molar-refractivity contribution in [2.75, 3.05) is 18.8 Å². The molecule has 1 heterocycles. The molecule has 26 heavy (non-hydrogen) atoms. The molecule has 140 valence electrons. The molecule has 0 fully saturated rings. The fourth-order valence-corrected chi connectivity index (χ4v) is 3.22. The van der Waals surface area contributed by atoms with Crippen LogP contribution in [0.3, 0.4) is 0 Å². The summed E-state index contributed by atoms with van der Waals surface area (Å²) in [6.45, 7) is 7.35. The van der Waals surface area contributed by atoms with Gasteiger partial charge in [-0.1, -0.05) is 43.0 Å². The van der Waals surface area contributed by atoms with Crippen molar-refractivity contribution in [2.24, 2.45) is 0 Å². The van der Waals surface area contributed by atoms with Crippen LogP contribution in [0.4, 0.5) is 0 Å². The standard InChI is InChI=1S/C18H25N5O2S/c1-4-10-19-15(24)11-20-16(25)12-26-18-22-21-17(23(18)5-2)14-9-7-6-8-13(14)3/h6-9H,4-5,10-12H2,1-3H3,(H,19,24)(H,20,25). The molecule has 0 aliphatic carbocycles. The number of hydrogen-bond donors (Lipinski definition) is 2. The van der Waals surface area contributed by atoms with E-state index in [0.29, 0.717) is 18.2 Å². The van der Waals surface area contributed by atoms with Gasteiger partial charge in [0.05, 0.1) is 12.3 Å². The Morgan fingerprint density at radius 3 is 2.58 bits per heavy atom. The second-order valence-corrected chi connectivity index (χ2v) is 6.72. The topological polar surface area (TPSA) is 88.9 Å². The van der Waals surface area contributed by atoms with Gasteiger partial charge in [-0.3, -0.25) is 9.59 Å². The Bertz CT molecular complexity index is 760. The number of amides is 2. The Labute approximate surface area is 158 Å². The summed E-state index contributed by atoms with van der Waals surface area (Å²) < 4.78 is 1.99. The van der Waals surface area contributed by atoms with Gasteiger partial charge in [-0.2, -0.15) is 0 Å². The molecule has 0 bridgehead atoms. The Balaban J connectivity index is 1.95. The van der Waals surface area contributed by atoms with Gasteiger partial charge in [0.1, 0.15) is 0 Å². The summed E-state index contributed by atoms with van der Waals surface area (Å²) in [7, 11) is 0. The van der Waals surface area contributed by atoms with E-state index < -0.39 is 0 Å². The van der Waals surface area contributed by atoms with E-state index in [0.717, 1.165) is 23.4 Å². The molecular weight excluding hydrogens is 350 g/mol. The highest BCUT2D eigenvalue weighted by Gasteiger charge is 2.16. The molecule has 2 N–H and O–H groups in total. The molecule has 2 rings (SSSR count). The SMILES string of the molecule is CCCNC(=O)CNC(=O)CSc1nnc(-c2ccccc2C)n1CC. The van der Waals surface area contributed by atoms with E-state index in [-0.39, 0.29) is 24.1 Å². The van der Waals surface area contributed by atoms with E-state index in [4.69, 9.17) is 0 Å². The van der Waals surface area contributed by atoms with Gasteiger partial charge in [-0.15, -0.1) is 10.2 Å². The Hall–Kier alpha value is -2.35. The first kappa shape index (κ1) is 20.0. The van der Waals surface area contributed by atoms with Gasteiger partial charge in [-0.25, -0.2) is 0 Å². The maximum Gasteiger partial charge on any atom is 0.239 e. The molecule has 0 unspecified atom stereocenters. The van der Waals surface area contributed by atoms with E-state index >= 15 is 0 Å². The highest BCUT2D eigenvalue weighted by Crippen LogP contribution is 2.25. The maximum absolute atomic E-state index is 12.0. The van der Waals surface area contributed by atoms with E-state index in [2.05, 4.69) is 20.8 Å². The lowest BCUT2D eigenvalue weighted by Gasteiger charge is -2.09. The van der Waals surface area contributed by atoms with Gasteiger partial charge >= 0.3 is 0 Å². The molecule has 0 aliphatic heterocycles. The third-order valence-corrected chi connectivity index (χ3v) is 4.74. The summed E-state index contributed by atoms with van der Waals surface area (Å²) in [5.74, 6) is 0.605. The molecule has 0 spiro atoms. The van der Waals surface area contributed by atoms with Gasteiger partial charge < -0.3 is 15.2 Å². The number of carbonyl (C=O) groups excluding carboxylic acids is 2. The number of aromatic nitrogens is 3. The van der Waals surface area contributed by atoms with Crippen LogP contribution in [-0.2, 0) is 16.1 Å². The van der Waals surface area contributed by atoms with Crippen molar-refractivity contribution < 1.29 is 9.59 Å². The number of rotatable bonds is 9. The number of nitrogens with zero attached hydrogens (tertiary/aromatic N) is 3. The van der Waals surface area contributed by atoms with E-state index in [1.54, 1.807) is 0 Å². The van der Waals surface area contributed by atoms with Crippen LogP contribution in [0.5, 0.6) is 0 Å². The van der Waals surface area contributed by atoms with Gasteiger partial charge in [0.2, 0.25) is 11.8 Å². The lowest BCUT2D eigenvalue weighted by molar-refractivity contribution is -0.124. The lowest BCUT2D eigenvalue weighted by Crippen LogP contribution is -2.37. The summed E-state index contributed by atoms with van der Waals surface area (Å²) in [5, 5.41) is 14.6. The first-order valence-electron chi connectivity index (χ1n) is 8.72. The number of hydrogen-bond acceptors (Lipinski definition) is 5. The van der Waals surface area contributed by atoms with Crippen LogP contribution in [0.2, 0.25) is 0 Å². The minimum atomic E-state index is -0.204. The quantitative estimate of drug-likeness (QED) is 0.655. The lowest BCUT2D eigenvalue weighted by atomic mass is 10.1. The summed E-state index contributed by atoms with van der Waals surface area (Å²) in [6, 6.07) is 8.01. The van der Waals surface area contributed by atoms with E-state index in [1.165, 1.54) is 11.8 Å². The zero-order valence-corrected chi connectivity index (χ0v) is 16.2. The first-order valence-corrected chi connectivity index (χ1v) is 9.70. The number of thioether (sulfide) groups is 1. The van der Waals surface area contributed by atoms with Crippen molar-refractivity contribution >= 4 is 23.6 Å². The molecule has 8 heteroatoms. The Morgan fingerprint density at radius 1 is 1.12 bits per heavy atom. The Kier molecular flexibility index (Phi) is 7.65. The molecule has 0 atom stereocenters. The van der Waals surface area contributed by atoms with Crippen LogP contribution >= 0.6 is 11.8 Å². The maximum atomic E-state index is 12.0. The van der Waals surface area contributed by atoms with Crippen molar-refractivity contribution in [1.29, 1.82) is 0 Å². The zero-order chi connectivity index (χ0) is 18.9. The molecule has 7 nitrogen and oxygen atoms in total. The van der Waals surface area contributed by atoms with Crippen molar-refractivity contribution in [1.82, 2.24) is 25.4 Å². The second-order valence-electron chi connectivity index (χ2n) is 5.78. The van der Waals surface area contributed by atoms with Crippen molar-refractivity contribution in [2.45, 2.75) is 38.9 Å². The summed E-state index contributed by atoms with van der Waals surface area (Å²) in [6.07, 6.45) is 0.867. The highest BCUT2D eigenvalue weighted by atomic mass is 32.2. The smallest absolute Gasteiger partial charge is 0.239 e. The predicted octanol–water partition coefficient (Wildman–Crippen LogP) is 2.01. The predicted molar refractivity (Wildman–Crippen MR) is 103 cm³/mol. The third-order valence-electron chi connectivity index (χ3n) is 3.77. The Morgan fingerprint density at radius 2 is 1.88 bits per heavy atom. The van der Waals surface area contributed by atoms with E-state index in [1.807, 2.05) is 49.6 Å². The van der Waals surface area contributed by atoms with Crippen LogP contribution in [0.1, 0.15) is 25.8 Å². The highest BCUT2D eigenvalue weighted by molar-refractivity contribution is 7.99. The van der Waals surface area contributed by atoms with Crippen LogP contribution in [0.25, 0.3) is 11.4 Å². The average Bonchev–Trinajstić information content (AvgIpc) is 3.06. The first-order chi connectivity index (χ1) is 12.6. The largest absolute Gasteiger partial charge is 0.355 e. The van der Waals surface area contributed by atoms with E-state index in [9.17, 15) is 9.59 Å². The molecule has 1 aromatic heterocycles.